The van der Waals surface area contributed by atoms with Crippen molar-refractivity contribution in [3.8, 4) is 0 Å². The van der Waals surface area contributed by atoms with Gasteiger partial charge in [0.2, 0.25) is 5.91 Å². The molecule has 0 aliphatic carbocycles. The minimum Gasteiger partial charge on any atom is -0.354 e. The molecule has 1 aliphatic rings. The van der Waals surface area contributed by atoms with Gasteiger partial charge in [-0.25, -0.2) is 0 Å². The Hall–Kier alpha value is -4.43. The van der Waals surface area contributed by atoms with Crippen molar-refractivity contribution < 1.29 is 14.4 Å². The molecule has 0 spiro atoms. The van der Waals surface area contributed by atoms with E-state index in [2.05, 4.69) is 20.9 Å². The molecule has 4 rings (SSSR count). The Bertz CT molecular complexity index is 1400. The van der Waals surface area contributed by atoms with E-state index in [-0.39, 0.29) is 17.7 Å². The van der Waals surface area contributed by atoms with Gasteiger partial charge in [0, 0.05) is 48.2 Å². The summed E-state index contributed by atoms with van der Waals surface area (Å²) in [5.41, 5.74) is 5.44. The van der Waals surface area contributed by atoms with Gasteiger partial charge in [-0.2, -0.15) is 0 Å². The van der Waals surface area contributed by atoms with Crippen molar-refractivity contribution in [3.05, 3.63) is 89.5 Å². The standard InChI is InChI=1S/C32H37N5O3/c1-5-18-33-31(39)24-12-17-27-28(21-24)35-32(40)29(27)30(23-10-7-6-8-11-23)34-25-13-15-26(16-14-25)37(22(2)38)20-9-19-36(3)4/h6-8,10-17,21,34H,5,9,18-20H2,1-4H3,(H,33,39)(H,35,40)/b30-29-. The van der Waals surface area contributed by atoms with E-state index in [1.807, 2.05) is 81.7 Å². The van der Waals surface area contributed by atoms with Gasteiger partial charge in [-0.05, 0) is 75.4 Å². The van der Waals surface area contributed by atoms with E-state index in [4.69, 9.17) is 0 Å². The van der Waals surface area contributed by atoms with E-state index >= 15 is 0 Å². The van der Waals surface area contributed by atoms with E-state index < -0.39 is 0 Å². The zero-order valence-electron chi connectivity index (χ0n) is 23.6. The Morgan fingerprint density at radius 1 is 0.900 bits per heavy atom. The molecule has 0 atom stereocenters. The smallest absolute Gasteiger partial charge is 0.258 e. The third-order valence-electron chi connectivity index (χ3n) is 6.69. The van der Waals surface area contributed by atoms with Crippen LogP contribution in [-0.4, -0.2) is 56.4 Å². The third kappa shape index (κ3) is 6.76. The molecule has 0 saturated carbocycles. The van der Waals surface area contributed by atoms with Gasteiger partial charge in [0.25, 0.3) is 11.8 Å². The van der Waals surface area contributed by atoms with Crippen LogP contribution in [0, 0.1) is 0 Å². The second kappa shape index (κ2) is 13.1. The summed E-state index contributed by atoms with van der Waals surface area (Å²) < 4.78 is 0. The number of amides is 3. The number of rotatable bonds is 11. The van der Waals surface area contributed by atoms with Crippen LogP contribution in [0.2, 0.25) is 0 Å². The van der Waals surface area contributed by atoms with Crippen molar-refractivity contribution in [3.63, 3.8) is 0 Å². The fourth-order valence-corrected chi connectivity index (χ4v) is 4.67. The number of benzene rings is 3. The molecule has 3 N–H and O–H groups in total. The Balaban J connectivity index is 1.66. The lowest BCUT2D eigenvalue weighted by atomic mass is 9.99. The van der Waals surface area contributed by atoms with Gasteiger partial charge in [-0.15, -0.1) is 0 Å². The van der Waals surface area contributed by atoms with Crippen molar-refractivity contribution in [2.24, 2.45) is 0 Å². The highest BCUT2D eigenvalue weighted by Crippen LogP contribution is 2.38. The Labute approximate surface area is 236 Å². The summed E-state index contributed by atoms with van der Waals surface area (Å²) in [6, 6.07) is 22.6. The number of hydrogen-bond donors (Lipinski definition) is 3. The van der Waals surface area contributed by atoms with Crippen molar-refractivity contribution >= 4 is 46.1 Å². The van der Waals surface area contributed by atoms with E-state index in [0.29, 0.717) is 35.6 Å². The van der Waals surface area contributed by atoms with E-state index in [1.165, 1.54) is 0 Å². The van der Waals surface area contributed by atoms with Crippen LogP contribution in [0.5, 0.6) is 0 Å². The monoisotopic (exact) mass is 539 g/mol. The maximum Gasteiger partial charge on any atom is 0.258 e. The zero-order chi connectivity index (χ0) is 28.6. The minimum atomic E-state index is -0.243. The number of anilines is 3. The summed E-state index contributed by atoms with van der Waals surface area (Å²) in [7, 11) is 4.04. The van der Waals surface area contributed by atoms with Crippen LogP contribution < -0.4 is 20.9 Å². The molecule has 8 heteroatoms. The molecule has 0 bridgehead atoms. The Kier molecular flexibility index (Phi) is 9.35. The Morgan fingerprint density at radius 3 is 2.27 bits per heavy atom. The maximum absolute atomic E-state index is 13.3. The van der Waals surface area contributed by atoms with E-state index in [0.717, 1.165) is 41.9 Å². The van der Waals surface area contributed by atoms with Crippen LogP contribution >= 0.6 is 0 Å². The summed E-state index contributed by atoms with van der Waals surface area (Å²) >= 11 is 0. The highest BCUT2D eigenvalue weighted by atomic mass is 16.2. The van der Waals surface area contributed by atoms with Crippen LogP contribution in [0.3, 0.4) is 0 Å². The second-order valence-corrected chi connectivity index (χ2v) is 10.1. The quantitative estimate of drug-likeness (QED) is 0.296. The van der Waals surface area contributed by atoms with Crippen LogP contribution in [-0.2, 0) is 9.59 Å². The van der Waals surface area contributed by atoms with Crippen LogP contribution in [0.25, 0.3) is 11.3 Å². The second-order valence-electron chi connectivity index (χ2n) is 10.1. The van der Waals surface area contributed by atoms with Gasteiger partial charge in [-0.3, -0.25) is 14.4 Å². The molecule has 40 heavy (non-hydrogen) atoms. The number of nitrogens with one attached hydrogen (secondary N) is 3. The molecule has 8 nitrogen and oxygen atoms in total. The third-order valence-corrected chi connectivity index (χ3v) is 6.69. The summed E-state index contributed by atoms with van der Waals surface area (Å²) in [4.78, 5) is 42.0. The average molecular weight is 540 g/mol. The molecule has 3 aromatic rings. The number of fused-ring (bicyclic) bond motifs is 1. The number of hydrogen-bond acceptors (Lipinski definition) is 5. The number of nitrogens with zero attached hydrogens (tertiary/aromatic N) is 2. The highest BCUT2D eigenvalue weighted by Gasteiger charge is 2.29. The van der Waals surface area contributed by atoms with Crippen molar-refractivity contribution in [1.29, 1.82) is 0 Å². The zero-order valence-corrected chi connectivity index (χ0v) is 23.6. The fraction of sp³-hybridized carbons (Fsp3) is 0.281. The first-order valence-electron chi connectivity index (χ1n) is 13.6. The predicted molar refractivity (Wildman–Crippen MR) is 162 cm³/mol. The number of carbonyl (C=O) groups excluding carboxylic acids is 3. The molecule has 0 radical (unpaired) electrons. The molecular formula is C32H37N5O3. The largest absolute Gasteiger partial charge is 0.354 e. The van der Waals surface area contributed by atoms with Crippen LogP contribution in [0.1, 0.15) is 48.2 Å². The lowest BCUT2D eigenvalue weighted by Gasteiger charge is -2.23. The summed E-state index contributed by atoms with van der Waals surface area (Å²) in [5.74, 6) is -0.416. The summed E-state index contributed by atoms with van der Waals surface area (Å²) in [6.07, 6.45) is 1.71. The first kappa shape index (κ1) is 28.6. The summed E-state index contributed by atoms with van der Waals surface area (Å²) in [6.45, 7) is 5.70. The number of carbonyl (C=O) groups is 3. The van der Waals surface area contributed by atoms with E-state index in [1.54, 1.807) is 24.0 Å². The minimum absolute atomic E-state index is 0.00598. The van der Waals surface area contributed by atoms with Gasteiger partial charge < -0.3 is 25.8 Å². The average Bonchev–Trinajstić information content (AvgIpc) is 3.28. The molecule has 1 aliphatic heterocycles. The van der Waals surface area contributed by atoms with Gasteiger partial charge in [0.15, 0.2) is 0 Å². The van der Waals surface area contributed by atoms with Gasteiger partial charge >= 0.3 is 0 Å². The van der Waals surface area contributed by atoms with E-state index in [9.17, 15) is 14.4 Å². The molecule has 3 aromatic carbocycles. The first-order chi connectivity index (χ1) is 19.3. The fourth-order valence-electron chi connectivity index (χ4n) is 4.67. The summed E-state index contributed by atoms with van der Waals surface area (Å²) in [5, 5.41) is 9.27. The Morgan fingerprint density at radius 2 is 1.62 bits per heavy atom. The molecule has 0 aromatic heterocycles. The van der Waals surface area contributed by atoms with Gasteiger partial charge in [0.1, 0.15) is 0 Å². The first-order valence-corrected chi connectivity index (χ1v) is 13.6. The molecule has 0 unspecified atom stereocenters. The van der Waals surface area contributed by atoms with Gasteiger partial charge in [-0.1, -0.05) is 43.3 Å². The SMILES string of the molecule is CCCNC(=O)c1ccc2c(c1)NC(=O)/C2=C(\Nc1ccc(N(CCCN(C)C)C(C)=O)cc1)c1ccccc1. The molecule has 0 fully saturated rings. The topological polar surface area (TPSA) is 93.8 Å². The molecule has 1 heterocycles. The molecule has 0 saturated heterocycles. The predicted octanol–water partition coefficient (Wildman–Crippen LogP) is 5.06. The van der Waals surface area contributed by atoms with Crippen molar-refractivity contribution in [1.82, 2.24) is 10.2 Å². The highest BCUT2D eigenvalue weighted by molar-refractivity contribution is 6.37. The maximum atomic E-state index is 13.3. The van der Waals surface area contributed by atoms with Gasteiger partial charge in [0.05, 0.1) is 11.3 Å². The molecule has 3 amide bonds. The molecular weight excluding hydrogens is 502 g/mol. The lowest BCUT2D eigenvalue weighted by Crippen LogP contribution is -2.31. The van der Waals surface area contributed by atoms with Crippen molar-refractivity contribution in [2.75, 3.05) is 49.3 Å². The molecule has 208 valence electrons. The van der Waals surface area contributed by atoms with Crippen LogP contribution in [0.4, 0.5) is 17.1 Å². The van der Waals surface area contributed by atoms with Crippen molar-refractivity contribution in [2.45, 2.75) is 26.7 Å². The normalized spacial score (nSPS) is 13.5. The lowest BCUT2D eigenvalue weighted by molar-refractivity contribution is -0.116. The van der Waals surface area contributed by atoms with Crippen LogP contribution in [0.15, 0.2) is 72.8 Å².